The topological polar surface area (TPSA) is 99.5 Å². The molecule has 0 radical (unpaired) electrons. The molecule has 2 rings (SSSR count). The van der Waals surface area contributed by atoms with E-state index in [2.05, 4.69) is 4.98 Å². The summed E-state index contributed by atoms with van der Waals surface area (Å²) in [5.41, 5.74) is 1.49. The Morgan fingerprint density at radius 1 is 1.41 bits per heavy atom. The zero-order valence-corrected chi connectivity index (χ0v) is 12.4. The van der Waals surface area contributed by atoms with Crippen molar-refractivity contribution < 1.29 is 14.8 Å². The smallest absolute Gasteiger partial charge is 0.270 e. The van der Waals surface area contributed by atoms with Crippen LogP contribution in [0.3, 0.4) is 0 Å². The molecular weight excluding hydrogens is 286 g/mol. The van der Waals surface area contributed by atoms with Crippen LogP contribution < -0.4 is 0 Å². The Hall–Kier alpha value is -2.41. The van der Waals surface area contributed by atoms with Gasteiger partial charge < -0.3 is 15.0 Å². The van der Waals surface area contributed by atoms with Crippen molar-refractivity contribution in [3.8, 4) is 0 Å². The Balaban J connectivity index is 2.25. The van der Waals surface area contributed by atoms with Gasteiger partial charge >= 0.3 is 0 Å². The lowest BCUT2D eigenvalue weighted by molar-refractivity contribution is -0.384. The highest BCUT2D eigenvalue weighted by molar-refractivity contribution is 5.90. The molecule has 0 fully saturated rings. The summed E-state index contributed by atoms with van der Waals surface area (Å²) < 4.78 is 0. The molecule has 22 heavy (non-hydrogen) atoms. The summed E-state index contributed by atoms with van der Waals surface area (Å²) in [6.45, 7) is 2.77. The van der Waals surface area contributed by atoms with Crippen molar-refractivity contribution >= 4 is 22.5 Å². The first kappa shape index (κ1) is 16.0. The van der Waals surface area contributed by atoms with Crippen LogP contribution in [-0.2, 0) is 11.2 Å². The minimum atomic E-state index is -0.451. The maximum absolute atomic E-state index is 12.3. The van der Waals surface area contributed by atoms with Gasteiger partial charge in [-0.2, -0.15) is 0 Å². The van der Waals surface area contributed by atoms with Crippen LogP contribution in [0.25, 0.3) is 10.9 Å². The van der Waals surface area contributed by atoms with E-state index in [1.807, 2.05) is 6.92 Å². The molecule has 0 aliphatic heterocycles. The van der Waals surface area contributed by atoms with Gasteiger partial charge in [-0.05, 0) is 18.1 Å². The summed E-state index contributed by atoms with van der Waals surface area (Å²) in [7, 11) is 0. The lowest BCUT2D eigenvalue weighted by Crippen LogP contribution is -2.35. The van der Waals surface area contributed by atoms with Crippen molar-refractivity contribution in [1.82, 2.24) is 9.88 Å². The number of aliphatic hydroxyl groups excluding tert-OH is 1. The van der Waals surface area contributed by atoms with Gasteiger partial charge in [0.2, 0.25) is 5.91 Å². The summed E-state index contributed by atoms with van der Waals surface area (Å²) in [6, 6.07) is 4.54. The van der Waals surface area contributed by atoms with E-state index >= 15 is 0 Å². The molecule has 0 unspecified atom stereocenters. The minimum absolute atomic E-state index is 0.00146. The molecule has 7 heteroatoms. The molecule has 2 N–H and O–H groups in total. The fraction of sp³-hybridized carbons (Fsp3) is 0.400. The number of amides is 1. The maximum atomic E-state index is 12.3. The molecule has 0 bridgehead atoms. The summed E-state index contributed by atoms with van der Waals surface area (Å²) in [4.78, 5) is 27.4. The highest BCUT2D eigenvalue weighted by atomic mass is 16.6. The van der Waals surface area contributed by atoms with Crippen LogP contribution in [-0.4, -0.2) is 45.5 Å². The molecule has 1 heterocycles. The number of benzene rings is 1. The zero-order chi connectivity index (χ0) is 16.1. The summed E-state index contributed by atoms with van der Waals surface area (Å²) in [5.74, 6) is -0.0942. The van der Waals surface area contributed by atoms with Crippen LogP contribution in [0.15, 0.2) is 24.4 Å². The predicted octanol–water partition coefficient (Wildman–Crippen LogP) is 1.85. The molecule has 7 nitrogen and oxygen atoms in total. The van der Waals surface area contributed by atoms with Crippen LogP contribution >= 0.6 is 0 Å². The van der Waals surface area contributed by atoms with E-state index < -0.39 is 4.92 Å². The second-order valence-electron chi connectivity index (χ2n) is 5.08. The summed E-state index contributed by atoms with van der Waals surface area (Å²) in [6.07, 6.45) is 2.67. The number of nitrogens with zero attached hydrogens (tertiary/aromatic N) is 2. The fourth-order valence-electron chi connectivity index (χ4n) is 2.45. The molecule has 0 aliphatic carbocycles. The predicted molar refractivity (Wildman–Crippen MR) is 82.6 cm³/mol. The van der Waals surface area contributed by atoms with Crippen LogP contribution in [0.2, 0.25) is 0 Å². The van der Waals surface area contributed by atoms with Crippen LogP contribution in [0, 0.1) is 10.1 Å². The molecule has 0 saturated heterocycles. The van der Waals surface area contributed by atoms with Crippen molar-refractivity contribution in [2.75, 3.05) is 19.7 Å². The summed E-state index contributed by atoms with van der Waals surface area (Å²) >= 11 is 0. The molecule has 0 spiro atoms. The number of aliphatic hydroxyl groups is 1. The first-order chi connectivity index (χ1) is 10.6. The van der Waals surface area contributed by atoms with Crippen molar-refractivity contribution in [3.05, 3.63) is 40.1 Å². The van der Waals surface area contributed by atoms with Gasteiger partial charge in [0.05, 0.1) is 18.0 Å². The number of aromatic amines is 1. The van der Waals surface area contributed by atoms with Gasteiger partial charge in [-0.1, -0.05) is 6.92 Å². The Morgan fingerprint density at radius 2 is 2.18 bits per heavy atom. The van der Waals surface area contributed by atoms with E-state index in [-0.39, 0.29) is 24.6 Å². The van der Waals surface area contributed by atoms with Crippen molar-refractivity contribution in [3.63, 3.8) is 0 Å². The van der Waals surface area contributed by atoms with Crippen molar-refractivity contribution in [1.29, 1.82) is 0 Å². The number of nitrogens with one attached hydrogen (secondary N) is 1. The lowest BCUT2D eigenvalue weighted by Gasteiger charge is -2.20. The van der Waals surface area contributed by atoms with E-state index in [4.69, 9.17) is 5.11 Å². The van der Waals surface area contributed by atoms with Gasteiger partial charge in [-0.3, -0.25) is 14.9 Å². The van der Waals surface area contributed by atoms with Gasteiger partial charge in [-0.15, -0.1) is 0 Å². The van der Waals surface area contributed by atoms with Gasteiger partial charge in [0.15, 0.2) is 0 Å². The fourth-order valence-corrected chi connectivity index (χ4v) is 2.45. The quantitative estimate of drug-likeness (QED) is 0.602. The van der Waals surface area contributed by atoms with E-state index in [1.54, 1.807) is 17.2 Å². The normalized spacial score (nSPS) is 10.8. The van der Waals surface area contributed by atoms with Gasteiger partial charge in [-0.25, -0.2) is 0 Å². The average Bonchev–Trinajstić information content (AvgIpc) is 2.89. The number of fused-ring (bicyclic) bond motifs is 1. The number of nitro groups is 1. The SMILES string of the molecule is CCCN(CCO)C(=O)Cc1c[nH]c2ccc([N+](=O)[O-])cc12. The van der Waals surface area contributed by atoms with E-state index in [9.17, 15) is 14.9 Å². The molecule has 118 valence electrons. The molecule has 1 aromatic heterocycles. The Bertz CT molecular complexity index is 674. The third-order valence-corrected chi connectivity index (χ3v) is 3.52. The summed E-state index contributed by atoms with van der Waals surface area (Å²) in [5, 5.41) is 20.6. The third-order valence-electron chi connectivity index (χ3n) is 3.52. The third kappa shape index (κ3) is 3.43. The largest absolute Gasteiger partial charge is 0.395 e. The Labute approximate surface area is 127 Å². The van der Waals surface area contributed by atoms with Crippen LogP contribution in [0.5, 0.6) is 0 Å². The Morgan fingerprint density at radius 3 is 2.82 bits per heavy atom. The number of carbonyl (C=O) groups excluding carboxylic acids is 1. The monoisotopic (exact) mass is 305 g/mol. The lowest BCUT2D eigenvalue weighted by atomic mass is 10.1. The van der Waals surface area contributed by atoms with Gasteiger partial charge in [0.1, 0.15) is 0 Å². The number of hydrogen-bond acceptors (Lipinski definition) is 4. The highest BCUT2D eigenvalue weighted by Gasteiger charge is 2.16. The van der Waals surface area contributed by atoms with E-state index in [1.165, 1.54) is 12.1 Å². The first-order valence-electron chi connectivity index (χ1n) is 7.19. The van der Waals surface area contributed by atoms with Gasteiger partial charge in [0.25, 0.3) is 5.69 Å². The first-order valence-corrected chi connectivity index (χ1v) is 7.19. The second kappa shape index (κ2) is 7.04. The maximum Gasteiger partial charge on any atom is 0.270 e. The standard InChI is InChI=1S/C15H19N3O4/c1-2-5-17(6-7-19)15(20)8-11-10-16-14-4-3-12(18(21)22)9-13(11)14/h3-4,9-10,16,19H,2,5-8H2,1H3. The highest BCUT2D eigenvalue weighted by Crippen LogP contribution is 2.24. The number of H-pyrrole nitrogens is 1. The van der Waals surface area contributed by atoms with Crippen molar-refractivity contribution in [2.45, 2.75) is 19.8 Å². The van der Waals surface area contributed by atoms with Crippen molar-refractivity contribution in [2.24, 2.45) is 0 Å². The number of non-ortho nitro benzene ring substituents is 1. The molecule has 0 aliphatic rings. The number of nitro benzene ring substituents is 1. The second-order valence-corrected chi connectivity index (χ2v) is 5.08. The van der Waals surface area contributed by atoms with Crippen LogP contribution in [0.4, 0.5) is 5.69 Å². The number of hydrogen-bond donors (Lipinski definition) is 2. The molecule has 1 amide bonds. The Kier molecular flexibility index (Phi) is 5.11. The molecular formula is C15H19N3O4. The van der Waals surface area contributed by atoms with Crippen LogP contribution in [0.1, 0.15) is 18.9 Å². The zero-order valence-electron chi connectivity index (χ0n) is 12.4. The van der Waals surface area contributed by atoms with E-state index in [0.717, 1.165) is 17.5 Å². The number of aromatic nitrogens is 1. The molecule has 1 aromatic carbocycles. The van der Waals surface area contributed by atoms with E-state index in [0.29, 0.717) is 18.5 Å². The minimum Gasteiger partial charge on any atom is -0.395 e. The number of carbonyl (C=O) groups is 1. The number of rotatable bonds is 7. The van der Waals surface area contributed by atoms with Gasteiger partial charge in [0, 0.05) is 42.3 Å². The molecule has 0 atom stereocenters. The molecule has 2 aromatic rings. The average molecular weight is 305 g/mol. The molecule has 0 saturated carbocycles.